The molecule has 0 fully saturated rings. The Hall–Kier alpha value is -0.260. The molecule has 5 heteroatoms. The van der Waals surface area contributed by atoms with Crippen LogP contribution in [0.4, 0.5) is 0 Å². The van der Waals surface area contributed by atoms with Crippen LogP contribution < -0.4 is 10.6 Å². The number of thioether (sulfide) groups is 1. The zero-order valence-corrected chi connectivity index (χ0v) is 9.69. The fourth-order valence-electron chi connectivity index (χ4n) is 0.832. The van der Waals surface area contributed by atoms with Gasteiger partial charge in [-0.15, -0.1) is 11.8 Å². The van der Waals surface area contributed by atoms with Crippen molar-refractivity contribution >= 4 is 18.1 Å². The Morgan fingerprint density at radius 3 is 2.69 bits per heavy atom. The number of nitrogens with one attached hydrogen (secondary N) is 2. The Labute approximate surface area is 85.2 Å². The zero-order chi connectivity index (χ0) is 10.1. The minimum atomic E-state index is 0.364. The summed E-state index contributed by atoms with van der Waals surface area (Å²) in [5.74, 6) is 1.11. The first kappa shape index (κ1) is 12.7. The van der Waals surface area contributed by atoms with E-state index in [1.165, 1.54) is 0 Å². The van der Waals surface area contributed by atoms with Gasteiger partial charge >= 0.3 is 0 Å². The Morgan fingerprint density at radius 2 is 2.23 bits per heavy atom. The second kappa shape index (κ2) is 8.34. The highest BCUT2D eigenvalue weighted by molar-refractivity contribution is 7.99. The number of aliphatic imine (C=N–C) groups is 1. The van der Waals surface area contributed by atoms with Crippen LogP contribution in [0.15, 0.2) is 4.99 Å². The van der Waals surface area contributed by atoms with Crippen molar-refractivity contribution < 1.29 is 0 Å². The molecule has 0 aliphatic heterocycles. The zero-order valence-electron chi connectivity index (χ0n) is 8.87. The smallest absolute Gasteiger partial charge is 0.109 e. The molecule has 0 radical (unpaired) electrons. The van der Waals surface area contributed by atoms with Gasteiger partial charge in [0.15, 0.2) is 0 Å². The maximum Gasteiger partial charge on any atom is 0.109 e. The van der Waals surface area contributed by atoms with Crippen LogP contribution in [0.2, 0.25) is 0 Å². The molecule has 0 saturated carbocycles. The first-order valence-electron chi connectivity index (χ1n) is 4.37. The Balaban J connectivity index is 3.56. The van der Waals surface area contributed by atoms with Crippen molar-refractivity contribution in [2.75, 3.05) is 33.6 Å². The molecule has 0 aromatic heterocycles. The second-order valence-electron chi connectivity index (χ2n) is 2.74. The molecular formula is C8H20N4S. The lowest BCUT2D eigenvalue weighted by Crippen LogP contribution is -2.43. The van der Waals surface area contributed by atoms with Gasteiger partial charge in [-0.25, -0.2) is 0 Å². The largest absolute Gasteiger partial charge is 0.364 e. The predicted octanol–water partition coefficient (Wildman–Crippen LogP) is 0.380. The summed E-state index contributed by atoms with van der Waals surface area (Å²) in [6.45, 7) is 2.90. The summed E-state index contributed by atoms with van der Waals surface area (Å²) in [5.41, 5.74) is 0.364. The lowest BCUT2D eigenvalue weighted by molar-refractivity contribution is 0.334. The van der Waals surface area contributed by atoms with E-state index < -0.39 is 0 Å². The molecule has 0 heterocycles. The topological polar surface area (TPSA) is 39.7 Å². The van der Waals surface area contributed by atoms with E-state index in [0.717, 1.165) is 12.4 Å². The van der Waals surface area contributed by atoms with E-state index in [4.69, 9.17) is 0 Å². The molecule has 0 bridgehead atoms. The van der Waals surface area contributed by atoms with Crippen LogP contribution in [-0.2, 0) is 0 Å². The summed E-state index contributed by atoms with van der Waals surface area (Å²) in [7, 11) is 5.87. The van der Waals surface area contributed by atoms with E-state index in [2.05, 4.69) is 41.5 Å². The predicted molar refractivity (Wildman–Crippen MR) is 61.2 cm³/mol. The van der Waals surface area contributed by atoms with Crippen molar-refractivity contribution in [3.8, 4) is 0 Å². The van der Waals surface area contributed by atoms with Crippen LogP contribution in [0, 0.1) is 0 Å². The maximum absolute atomic E-state index is 3.83. The van der Waals surface area contributed by atoms with Gasteiger partial charge in [-0.1, -0.05) is 6.92 Å². The Morgan fingerprint density at radius 1 is 1.54 bits per heavy atom. The molecule has 0 spiro atoms. The van der Waals surface area contributed by atoms with Crippen molar-refractivity contribution in [2.24, 2.45) is 4.99 Å². The van der Waals surface area contributed by atoms with Gasteiger partial charge in [0, 0.05) is 7.05 Å². The lowest BCUT2D eigenvalue weighted by atomic mass is 10.8. The standard InChI is InChI=1S/C8H20N4S/c1-5-13-8(12(3)4)11-7-10-6-9-2/h6,8,11H,5,7H2,1-4H3,(H,9,10). The van der Waals surface area contributed by atoms with Crippen molar-refractivity contribution in [1.29, 1.82) is 0 Å². The molecule has 1 atom stereocenters. The van der Waals surface area contributed by atoms with E-state index >= 15 is 0 Å². The van der Waals surface area contributed by atoms with Gasteiger partial charge in [0.05, 0.1) is 13.0 Å². The summed E-state index contributed by atoms with van der Waals surface area (Å²) < 4.78 is 0. The molecule has 78 valence electrons. The minimum Gasteiger partial charge on any atom is -0.364 e. The van der Waals surface area contributed by atoms with Gasteiger partial charge < -0.3 is 5.32 Å². The SMILES string of the molecule is CCSC(NCNC=NC)N(C)C. The molecule has 0 saturated heterocycles. The number of hydrogen-bond donors (Lipinski definition) is 2. The van der Waals surface area contributed by atoms with Gasteiger partial charge in [0.2, 0.25) is 0 Å². The van der Waals surface area contributed by atoms with Crippen LogP contribution >= 0.6 is 11.8 Å². The fourth-order valence-corrected chi connectivity index (χ4v) is 1.65. The van der Waals surface area contributed by atoms with E-state index in [1.807, 2.05) is 11.8 Å². The van der Waals surface area contributed by atoms with E-state index in [-0.39, 0.29) is 0 Å². The van der Waals surface area contributed by atoms with Gasteiger partial charge in [-0.05, 0) is 19.8 Å². The van der Waals surface area contributed by atoms with Crippen LogP contribution in [0.3, 0.4) is 0 Å². The highest BCUT2D eigenvalue weighted by Gasteiger charge is 2.07. The van der Waals surface area contributed by atoms with E-state index in [0.29, 0.717) is 5.50 Å². The lowest BCUT2D eigenvalue weighted by Gasteiger charge is -2.24. The molecule has 0 amide bonds. The third kappa shape index (κ3) is 6.86. The number of rotatable bonds is 7. The molecular weight excluding hydrogens is 184 g/mol. The quantitative estimate of drug-likeness (QED) is 0.272. The van der Waals surface area contributed by atoms with Crippen LogP contribution in [-0.4, -0.2) is 50.3 Å². The molecule has 0 aliphatic rings. The highest BCUT2D eigenvalue weighted by atomic mass is 32.2. The van der Waals surface area contributed by atoms with Crippen molar-refractivity contribution in [3.05, 3.63) is 0 Å². The molecule has 0 aromatic carbocycles. The third-order valence-corrected chi connectivity index (χ3v) is 2.63. The van der Waals surface area contributed by atoms with Gasteiger partial charge in [-0.2, -0.15) is 0 Å². The maximum atomic E-state index is 3.83. The summed E-state index contributed by atoms with van der Waals surface area (Å²) in [6, 6.07) is 0. The van der Waals surface area contributed by atoms with Gasteiger partial charge in [-0.3, -0.25) is 15.2 Å². The first-order chi connectivity index (χ1) is 6.22. The molecule has 4 nitrogen and oxygen atoms in total. The van der Waals surface area contributed by atoms with Gasteiger partial charge in [0.25, 0.3) is 0 Å². The fraction of sp³-hybridized carbons (Fsp3) is 0.875. The van der Waals surface area contributed by atoms with Crippen molar-refractivity contribution in [1.82, 2.24) is 15.5 Å². The highest BCUT2D eigenvalue weighted by Crippen LogP contribution is 2.08. The molecule has 13 heavy (non-hydrogen) atoms. The van der Waals surface area contributed by atoms with E-state index in [9.17, 15) is 0 Å². The Kier molecular flexibility index (Phi) is 8.18. The third-order valence-electron chi connectivity index (χ3n) is 1.39. The number of nitrogens with zero attached hydrogens (tertiary/aromatic N) is 2. The average Bonchev–Trinajstić information content (AvgIpc) is 2.10. The second-order valence-corrected chi connectivity index (χ2v) is 4.10. The summed E-state index contributed by atoms with van der Waals surface area (Å²) in [4.78, 5) is 5.98. The monoisotopic (exact) mass is 204 g/mol. The van der Waals surface area contributed by atoms with Crippen LogP contribution in [0.25, 0.3) is 0 Å². The first-order valence-corrected chi connectivity index (χ1v) is 5.42. The van der Waals surface area contributed by atoms with Gasteiger partial charge in [0.1, 0.15) is 5.50 Å². The molecule has 0 aromatic rings. The normalized spacial score (nSPS) is 13.9. The van der Waals surface area contributed by atoms with E-state index in [1.54, 1.807) is 13.4 Å². The van der Waals surface area contributed by atoms with Crippen molar-refractivity contribution in [2.45, 2.75) is 12.4 Å². The number of hydrogen-bond acceptors (Lipinski definition) is 4. The molecule has 0 rings (SSSR count). The Bertz CT molecular complexity index is 138. The summed E-state index contributed by atoms with van der Waals surface area (Å²) >= 11 is 1.87. The minimum absolute atomic E-state index is 0.364. The van der Waals surface area contributed by atoms with Crippen LogP contribution in [0.5, 0.6) is 0 Å². The summed E-state index contributed by atoms with van der Waals surface area (Å²) in [5, 5.41) is 6.38. The summed E-state index contributed by atoms with van der Waals surface area (Å²) in [6.07, 6.45) is 1.69. The molecule has 2 N–H and O–H groups in total. The molecule has 0 aliphatic carbocycles. The van der Waals surface area contributed by atoms with Crippen molar-refractivity contribution in [3.63, 3.8) is 0 Å². The van der Waals surface area contributed by atoms with Crippen LogP contribution in [0.1, 0.15) is 6.92 Å². The molecule has 1 unspecified atom stereocenters. The average molecular weight is 204 g/mol.